The summed E-state index contributed by atoms with van der Waals surface area (Å²) in [7, 11) is 0. The van der Waals surface area contributed by atoms with Crippen molar-refractivity contribution in [1.82, 2.24) is 5.32 Å². The molecular weight excluding hydrogens is 246 g/mol. The minimum absolute atomic E-state index is 0.0915. The summed E-state index contributed by atoms with van der Waals surface area (Å²) in [5.41, 5.74) is 0.439. The summed E-state index contributed by atoms with van der Waals surface area (Å²) in [6.07, 6.45) is 2.09. The van der Waals surface area contributed by atoms with E-state index in [2.05, 4.69) is 5.32 Å². The Hall–Kier alpha value is -1.88. The van der Waals surface area contributed by atoms with Crippen LogP contribution in [0.4, 0.5) is 0 Å². The second-order valence-electron chi connectivity index (χ2n) is 4.38. The van der Waals surface area contributed by atoms with Gasteiger partial charge < -0.3 is 14.8 Å². The number of carbonyl (C=O) groups excluding carboxylic acids is 2. The maximum atomic E-state index is 11.6. The number of esters is 1. The molecule has 1 aliphatic rings. The van der Waals surface area contributed by atoms with Crippen LogP contribution in [0.3, 0.4) is 0 Å². The van der Waals surface area contributed by atoms with Crippen LogP contribution in [0, 0.1) is 0 Å². The molecule has 1 amide bonds. The highest BCUT2D eigenvalue weighted by Gasteiger charge is 2.16. The molecule has 19 heavy (non-hydrogen) atoms. The van der Waals surface area contributed by atoms with E-state index in [-0.39, 0.29) is 18.6 Å². The summed E-state index contributed by atoms with van der Waals surface area (Å²) in [6.45, 7) is 0.964. The highest BCUT2D eigenvalue weighted by atomic mass is 16.5. The molecule has 0 bridgehead atoms. The third-order valence-electron chi connectivity index (χ3n) is 2.89. The van der Waals surface area contributed by atoms with Crippen molar-refractivity contribution in [3.05, 3.63) is 35.9 Å². The van der Waals surface area contributed by atoms with Crippen molar-refractivity contribution in [3.63, 3.8) is 0 Å². The third kappa shape index (κ3) is 4.37. The molecule has 0 saturated carbocycles. The van der Waals surface area contributed by atoms with Gasteiger partial charge in [0.1, 0.15) is 0 Å². The molecule has 5 heteroatoms. The molecule has 0 aromatic heterocycles. The van der Waals surface area contributed by atoms with Crippen LogP contribution in [0.1, 0.15) is 23.2 Å². The molecule has 0 aliphatic carbocycles. The zero-order valence-electron chi connectivity index (χ0n) is 10.6. The molecule has 1 heterocycles. The lowest BCUT2D eigenvalue weighted by Crippen LogP contribution is -2.34. The van der Waals surface area contributed by atoms with Crippen LogP contribution in [-0.4, -0.2) is 37.7 Å². The Labute approximate surface area is 111 Å². The van der Waals surface area contributed by atoms with Crippen LogP contribution in [0.25, 0.3) is 0 Å². The number of benzene rings is 1. The van der Waals surface area contributed by atoms with Crippen LogP contribution < -0.4 is 5.32 Å². The van der Waals surface area contributed by atoms with Crippen LogP contribution in [0.5, 0.6) is 0 Å². The Bertz CT molecular complexity index is 426. The van der Waals surface area contributed by atoms with Gasteiger partial charge >= 0.3 is 5.97 Å². The van der Waals surface area contributed by atoms with Crippen LogP contribution in [0.2, 0.25) is 0 Å². The van der Waals surface area contributed by atoms with E-state index in [0.29, 0.717) is 12.1 Å². The fourth-order valence-electron chi connectivity index (χ4n) is 1.87. The predicted octanol–water partition coefficient (Wildman–Crippen LogP) is 1.14. The minimum atomic E-state index is -0.493. The Morgan fingerprint density at radius 1 is 1.32 bits per heavy atom. The van der Waals surface area contributed by atoms with E-state index in [1.54, 1.807) is 24.3 Å². The van der Waals surface area contributed by atoms with Gasteiger partial charge in [-0.3, -0.25) is 4.79 Å². The van der Waals surface area contributed by atoms with Crippen LogP contribution in [0.15, 0.2) is 30.3 Å². The first-order valence-electron chi connectivity index (χ1n) is 6.36. The Morgan fingerprint density at radius 2 is 2.11 bits per heavy atom. The molecule has 1 saturated heterocycles. The first kappa shape index (κ1) is 13.5. The maximum Gasteiger partial charge on any atom is 0.338 e. The fraction of sp³-hybridized carbons (Fsp3) is 0.429. The normalized spacial score (nSPS) is 18.0. The van der Waals surface area contributed by atoms with Gasteiger partial charge in [0.25, 0.3) is 5.91 Å². The number of rotatable bonds is 5. The number of carbonyl (C=O) groups is 2. The summed E-state index contributed by atoms with van der Waals surface area (Å²) < 4.78 is 10.3. The number of nitrogens with one attached hydrogen (secondary N) is 1. The topological polar surface area (TPSA) is 64.6 Å². The lowest BCUT2D eigenvalue weighted by atomic mass is 10.2. The van der Waals surface area contributed by atoms with Gasteiger partial charge in [-0.25, -0.2) is 4.79 Å². The van der Waals surface area contributed by atoms with E-state index >= 15 is 0 Å². The van der Waals surface area contributed by atoms with Gasteiger partial charge in [-0.05, 0) is 25.0 Å². The Morgan fingerprint density at radius 3 is 2.79 bits per heavy atom. The summed E-state index contributed by atoms with van der Waals surface area (Å²) >= 11 is 0. The van der Waals surface area contributed by atoms with Crippen molar-refractivity contribution in [2.45, 2.75) is 18.9 Å². The molecule has 1 aromatic rings. The smallest absolute Gasteiger partial charge is 0.338 e. The summed E-state index contributed by atoms with van der Waals surface area (Å²) in [5.74, 6) is -0.798. The van der Waals surface area contributed by atoms with Gasteiger partial charge in [-0.2, -0.15) is 0 Å². The van der Waals surface area contributed by atoms with Crippen molar-refractivity contribution in [2.75, 3.05) is 19.8 Å². The number of hydrogen-bond acceptors (Lipinski definition) is 4. The van der Waals surface area contributed by atoms with Crippen LogP contribution >= 0.6 is 0 Å². The Balaban J connectivity index is 1.67. The molecule has 0 unspecified atom stereocenters. The largest absolute Gasteiger partial charge is 0.452 e. The standard InChI is InChI=1S/C14H17NO4/c16-13(15-9-12-7-4-8-18-12)10-19-14(17)11-5-2-1-3-6-11/h1-3,5-6,12H,4,7-10H2,(H,15,16)/t12-/m0/s1. The van der Waals surface area contributed by atoms with E-state index in [4.69, 9.17) is 9.47 Å². The number of ether oxygens (including phenoxy) is 2. The average Bonchev–Trinajstić information content (AvgIpc) is 2.96. The van der Waals surface area contributed by atoms with E-state index in [1.807, 2.05) is 6.07 Å². The lowest BCUT2D eigenvalue weighted by molar-refractivity contribution is -0.124. The summed E-state index contributed by atoms with van der Waals surface area (Å²) in [6, 6.07) is 8.59. The molecule has 0 spiro atoms. The fourth-order valence-corrected chi connectivity index (χ4v) is 1.87. The zero-order chi connectivity index (χ0) is 13.5. The van der Waals surface area contributed by atoms with Gasteiger partial charge in [0.05, 0.1) is 11.7 Å². The van der Waals surface area contributed by atoms with E-state index in [1.165, 1.54) is 0 Å². The molecule has 1 N–H and O–H groups in total. The lowest BCUT2D eigenvalue weighted by Gasteiger charge is -2.10. The quantitative estimate of drug-likeness (QED) is 0.809. The number of amides is 1. The van der Waals surface area contributed by atoms with Gasteiger partial charge in [0, 0.05) is 13.2 Å². The zero-order valence-corrected chi connectivity index (χ0v) is 10.6. The molecule has 102 valence electrons. The Kier molecular flexibility index (Phi) is 4.92. The first-order chi connectivity index (χ1) is 9.25. The highest BCUT2D eigenvalue weighted by molar-refractivity contribution is 5.91. The number of hydrogen-bond donors (Lipinski definition) is 1. The van der Waals surface area contributed by atoms with Crippen molar-refractivity contribution >= 4 is 11.9 Å². The SMILES string of the molecule is O=C(COC(=O)c1ccccc1)NC[C@@H]1CCCO1. The van der Waals surface area contributed by atoms with Gasteiger partial charge in [-0.1, -0.05) is 18.2 Å². The molecule has 1 aliphatic heterocycles. The molecule has 1 atom stereocenters. The second-order valence-corrected chi connectivity index (χ2v) is 4.38. The van der Waals surface area contributed by atoms with Gasteiger partial charge in [0.2, 0.25) is 0 Å². The third-order valence-corrected chi connectivity index (χ3v) is 2.89. The molecule has 1 fully saturated rings. The molecule has 2 rings (SSSR count). The molecule has 1 aromatic carbocycles. The minimum Gasteiger partial charge on any atom is -0.452 e. The van der Waals surface area contributed by atoms with Gasteiger partial charge in [-0.15, -0.1) is 0 Å². The van der Waals surface area contributed by atoms with Crippen molar-refractivity contribution in [3.8, 4) is 0 Å². The highest BCUT2D eigenvalue weighted by Crippen LogP contribution is 2.10. The van der Waals surface area contributed by atoms with E-state index in [0.717, 1.165) is 19.4 Å². The maximum absolute atomic E-state index is 11.6. The van der Waals surface area contributed by atoms with Gasteiger partial charge in [0.15, 0.2) is 6.61 Å². The van der Waals surface area contributed by atoms with E-state index in [9.17, 15) is 9.59 Å². The average molecular weight is 263 g/mol. The molecule has 5 nitrogen and oxygen atoms in total. The monoisotopic (exact) mass is 263 g/mol. The second kappa shape index (κ2) is 6.89. The predicted molar refractivity (Wildman–Crippen MR) is 68.7 cm³/mol. The first-order valence-corrected chi connectivity index (χ1v) is 6.36. The molecular formula is C14H17NO4. The van der Waals surface area contributed by atoms with Crippen molar-refractivity contribution in [2.24, 2.45) is 0 Å². The van der Waals surface area contributed by atoms with Crippen molar-refractivity contribution < 1.29 is 19.1 Å². The molecule has 0 radical (unpaired) electrons. The van der Waals surface area contributed by atoms with Crippen molar-refractivity contribution in [1.29, 1.82) is 0 Å². The van der Waals surface area contributed by atoms with E-state index < -0.39 is 5.97 Å². The van der Waals surface area contributed by atoms with Crippen LogP contribution in [-0.2, 0) is 14.3 Å². The summed E-state index contributed by atoms with van der Waals surface area (Å²) in [5, 5.41) is 2.69. The summed E-state index contributed by atoms with van der Waals surface area (Å²) in [4.78, 5) is 23.1.